The molecule has 0 spiro atoms. The first-order chi connectivity index (χ1) is 9.08. The van der Waals surface area contributed by atoms with E-state index in [1.807, 2.05) is 20.8 Å². The molecule has 19 heavy (non-hydrogen) atoms. The first-order valence-corrected chi connectivity index (χ1v) is 6.66. The molecule has 102 valence electrons. The summed E-state index contributed by atoms with van der Waals surface area (Å²) in [6.45, 7) is 6.26. The minimum atomic E-state index is 0.114. The molecule has 2 aromatic heterocycles. The van der Waals surface area contributed by atoms with E-state index in [0.717, 1.165) is 17.9 Å². The number of oxazole rings is 1. The first-order valence-electron chi connectivity index (χ1n) is 5.84. The minimum absolute atomic E-state index is 0.114. The van der Waals surface area contributed by atoms with E-state index in [4.69, 9.17) is 14.9 Å². The van der Waals surface area contributed by atoms with E-state index in [0.29, 0.717) is 17.0 Å². The summed E-state index contributed by atoms with van der Waals surface area (Å²) in [7, 11) is 0. The van der Waals surface area contributed by atoms with Gasteiger partial charge < -0.3 is 14.9 Å². The van der Waals surface area contributed by atoms with E-state index in [9.17, 15) is 0 Å². The number of anilines is 1. The van der Waals surface area contributed by atoms with Gasteiger partial charge in [-0.1, -0.05) is 6.92 Å². The predicted octanol–water partition coefficient (Wildman–Crippen LogP) is 2.00. The van der Waals surface area contributed by atoms with Crippen molar-refractivity contribution in [3.05, 3.63) is 11.5 Å². The normalized spacial score (nSPS) is 10.7. The second kappa shape index (κ2) is 5.87. The minimum Gasteiger partial charge on any atom is -0.463 e. The Hall–Kier alpha value is -1.83. The lowest BCUT2D eigenvalue weighted by atomic mass is 10.4. The fourth-order valence-electron chi connectivity index (χ4n) is 1.22. The van der Waals surface area contributed by atoms with Crippen LogP contribution in [0.4, 0.5) is 5.95 Å². The molecule has 0 unspecified atom stereocenters. The highest BCUT2D eigenvalue weighted by atomic mass is 32.2. The Bertz CT molecular complexity index is 553. The molecular weight excluding hydrogens is 266 g/mol. The number of hydrogen-bond donors (Lipinski definition) is 1. The summed E-state index contributed by atoms with van der Waals surface area (Å²) < 4.78 is 10.8. The number of nitrogen functional groups attached to an aromatic ring is 1. The molecule has 0 amide bonds. The highest BCUT2D eigenvalue weighted by molar-refractivity contribution is 7.98. The zero-order valence-corrected chi connectivity index (χ0v) is 11.8. The molecule has 0 aromatic carbocycles. The van der Waals surface area contributed by atoms with Crippen LogP contribution in [0, 0.1) is 13.8 Å². The van der Waals surface area contributed by atoms with Gasteiger partial charge in [0.05, 0.1) is 12.3 Å². The lowest BCUT2D eigenvalue weighted by Gasteiger charge is -2.03. The molecule has 0 bridgehead atoms. The zero-order valence-electron chi connectivity index (χ0n) is 11.0. The van der Waals surface area contributed by atoms with Gasteiger partial charge >= 0.3 is 6.01 Å². The summed E-state index contributed by atoms with van der Waals surface area (Å²) >= 11 is 1.18. The highest BCUT2D eigenvalue weighted by Gasteiger charge is 2.12. The Morgan fingerprint density at radius 2 is 2.00 bits per heavy atom. The molecule has 0 aliphatic rings. The number of nitrogens with two attached hydrogens (primary N) is 1. The largest absolute Gasteiger partial charge is 0.463 e. The Kier molecular flexibility index (Phi) is 4.20. The quantitative estimate of drug-likeness (QED) is 0.888. The van der Waals surface area contributed by atoms with Crippen LogP contribution < -0.4 is 10.5 Å². The van der Waals surface area contributed by atoms with Crippen LogP contribution in [0.3, 0.4) is 0 Å². The number of hydrogen-bond acceptors (Lipinski definition) is 8. The van der Waals surface area contributed by atoms with Gasteiger partial charge in [0.15, 0.2) is 0 Å². The Labute approximate surface area is 115 Å². The summed E-state index contributed by atoms with van der Waals surface area (Å²) in [4.78, 5) is 16.3. The van der Waals surface area contributed by atoms with Crippen molar-refractivity contribution >= 4 is 17.7 Å². The molecule has 0 aliphatic carbocycles. The lowest BCUT2D eigenvalue weighted by Crippen LogP contribution is -2.05. The fourth-order valence-corrected chi connectivity index (χ4v) is 1.99. The number of aromatic nitrogens is 4. The van der Waals surface area contributed by atoms with Gasteiger partial charge in [-0.3, -0.25) is 0 Å². The van der Waals surface area contributed by atoms with Gasteiger partial charge in [-0.15, -0.1) is 0 Å². The molecule has 2 aromatic rings. The summed E-state index contributed by atoms with van der Waals surface area (Å²) in [5, 5.41) is 0.877. The van der Waals surface area contributed by atoms with Crippen molar-refractivity contribution in [1.29, 1.82) is 0 Å². The van der Waals surface area contributed by atoms with Gasteiger partial charge in [0.2, 0.25) is 11.1 Å². The molecule has 0 saturated carbocycles. The van der Waals surface area contributed by atoms with Crippen molar-refractivity contribution < 1.29 is 9.15 Å². The smallest absolute Gasteiger partial charge is 0.322 e. The van der Waals surface area contributed by atoms with Crippen molar-refractivity contribution in [3.8, 4) is 6.01 Å². The van der Waals surface area contributed by atoms with Gasteiger partial charge in [-0.25, -0.2) is 4.98 Å². The average molecular weight is 281 g/mol. The summed E-state index contributed by atoms with van der Waals surface area (Å²) in [6.07, 6.45) is 0.867. The molecular formula is C11H15N5O2S. The van der Waals surface area contributed by atoms with Crippen LogP contribution in [0.25, 0.3) is 0 Å². The van der Waals surface area contributed by atoms with Crippen molar-refractivity contribution in [2.45, 2.75) is 37.6 Å². The van der Waals surface area contributed by atoms with Crippen LogP contribution in [-0.4, -0.2) is 26.5 Å². The standard InChI is InChI=1S/C11H15N5O2S/c1-4-5-17-9-14-8(12)15-10(16-9)19-11-13-6(2)7(3)18-11/h4-5H2,1-3H3,(H2,12,14,15,16). The van der Waals surface area contributed by atoms with Crippen LogP contribution in [0.1, 0.15) is 24.8 Å². The maximum atomic E-state index is 5.61. The molecule has 2 N–H and O–H groups in total. The molecule has 0 aliphatic heterocycles. The van der Waals surface area contributed by atoms with Crippen LogP contribution in [-0.2, 0) is 0 Å². The lowest BCUT2D eigenvalue weighted by molar-refractivity contribution is 0.288. The SMILES string of the molecule is CCCOc1nc(N)nc(Sc2nc(C)c(C)o2)n1. The molecule has 0 saturated heterocycles. The molecule has 7 nitrogen and oxygen atoms in total. The van der Waals surface area contributed by atoms with Crippen molar-refractivity contribution in [2.24, 2.45) is 0 Å². The van der Waals surface area contributed by atoms with Gasteiger partial charge in [-0.2, -0.15) is 15.0 Å². The predicted molar refractivity (Wildman–Crippen MR) is 70.1 cm³/mol. The fraction of sp³-hybridized carbons (Fsp3) is 0.455. The number of rotatable bonds is 5. The topological polar surface area (TPSA) is 100.0 Å². The van der Waals surface area contributed by atoms with Crippen molar-refractivity contribution in [3.63, 3.8) is 0 Å². The van der Waals surface area contributed by atoms with Crippen LogP contribution >= 0.6 is 11.8 Å². The van der Waals surface area contributed by atoms with E-state index < -0.39 is 0 Å². The second-order valence-corrected chi connectivity index (χ2v) is 4.75. The maximum absolute atomic E-state index is 5.61. The van der Waals surface area contributed by atoms with E-state index in [1.54, 1.807) is 0 Å². The average Bonchev–Trinajstić information content (AvgIpc) is 2.65. The number of ether oxygens (including phenoxy) is 1. The molecule has 2 rings (SSSR count). The summed E-state index contributed by atoms with van der Waals surface area (Å²) in [5.74, 6) is 0.885. The Balaban J connectivity index is 2.17. The monoisotopic (exact) mass is 281 g/mol. The van der Waals surface area contributed by atoms with E-state index in [2.05, 4.69) is 19.9 Å². The summed E-state index contributed by atoms with van der Waals surface area (Å²) in [5.41, 5.74) is 6.45. The number of aryl methyl sites for hydroxylation is 2. The van der Waals surface area contributed by atoms with E-state index in [-0.39, 0.29) is 12.0 Å². The Morgan fingerprint density at radius 3 is 2.63 bits per heavy atom. The van der Waals surface area contributed by atoms with Crippen LogP contribution in [0.2, 0.25) is 0 Å². The molecule has 0 fully saturated rings. The molecule has 8 heteroatoms. The van der Waals surface area contributed by atoms with Gasteiger partial charge in [-0.05, 0) is 20.3 Å². The second-order valence-electron chi connectivity index (χ2n) is 3.83. The van der Waals surface area contributed by atoms with E-state index >= 15 is 0 Å². The van der Waals surface area contributed by atoms with Crippen molar-refractivity contribution in [1.82, 2.24) is 19.9 Å². The third-order valence-corrected chi connectivity index (χ3v) is 2.95. The van der Waals surface area contributed by atoms with Gasteiger partial charge in [0.25, 0.3) is 5.22 Å². The molecule has 0 radical (unpaired) electrons. The zero-order chi connectivity index (χ0) is 13.8. The highest BCUT2D eigenvalue weighted by Crippen LogP contribution is 2.26. The van der Waals surface area contributed by atoms with E-state index in [1.165, 1.54) is 11.8 Å². The third kappa shape index (κ3) is 3.57. The Morgan fingerprint density at radius 1 is 1.21 bits per heavy atom. The van der Waals surface area contributed by atoms with Gasteiger partial charge in [0, 0.05) is 11.8 Å². The molecule has 0 atom stereocenters. The maximum Gasteiger partial charge on any atom is 0.322 e. The summed E-state index contributed by atoms with van der Waals surface area (Å²) in [6, 6.07) is 0.219. The van der Waals surface area contributed by atoms with Crippen LogP contribution in [0.5, 0.6) is 6.01 Å². The third-order valence-electron chi connectivity index (χ3n) is 2.23. The number of nitrogens with zero attached hydrogens (tertiary/aromatic N) is 4. The van der Waals surface area contributed by atoms with Crippen LogP contribution in [0.15, 0.2) is 14.8 Å². The van der Waals surface area contributed by atoms with Gasteiger partial charge in [0.1, 0.15) is 5.76 Å². The van der Waals surface area contributed by atoms with Crippen molar-refractivity contribution in [2.75, 3.05) is 12.3 Å². The first kappa shape index (κ1) is 13.6. The molecule has 2 heterocycles.